The van der Waals surface area contributed by atoms with E-state index in [1.807, 2.05) is 0 Å². The van der Waals surface area contributed by atoms with Gasteiger partial charge in [-0.2, -0.15) is 0 Å². The Morgan fingerprint density at radius 2 is 2.30 bits per heavy atom. The van der Waals surface area contributed by atoms with E-state index in [-0.39, 0.29) is 18.2 Å². The zero-order valence-corrected chi connectivity index (χ0v) is 11.6. The van der Waals surface area contributed by atoms with Crippen LogP contribution < -0.4 is 11.1 Å². The Morgan fingerprint density at radius 3 is 2.91 bits per heavy atom. The van der Waals surface area contributed by atoms with Gasteiger partial charge in [-0.05, 0) is 10.6 Å². The number of aliphatic hydroxyl groups excluding tert-OH is 3. The van der Waals surface area contributed by atoms with Crippen molar-refractivity contribution in [1.29, 1.82) is 0 Å². The largest absolute Gasteiger partial charge is 0.394 e. The zero-order valence-electron chi connectivity index (χ0n) is 11.6. The summed E-state index contributed by atoms with van der Waals surface area (Å²) >= 11 is 0. The fourth-order valence-corrected chi connectivity index (χ4v) is 2.58. The average Bonchev–Trinajstić information content (AvgIpc) is 3.02. The van der Waals surface area contributed by atoms with Gasteiger partial charge in [0.25, 0.3) is 11.8 Å². The summed E-state index contributed by atoms with van der Waals surface area (Å²) in [6.45, 7) is -0.580. The highest BCUT2D eigenvalue weighted by Gasteiger charge is 2.50. The molecule has 0 bridgehead atoms. The van der Waals surface area contributed by atoms with Crippen molar-refractivity contribution in [2.24, 2.45) is 20.8 Å². The minimum absolute atomic E-state index is 0.0292. The molecule has 0 aliphatic carbocycles. The van der Waals surface area contributed by atoms with Crippen LogP contribution in [0.4, 0.5) is 0 Å². The van der Waals surface area contributed by atoms with Crippen LogP contribution in [-0.2, 0) is 9.53 Å². The van der Waals surface area contributed by atoms with Crippen LogP contribution in [0.1, 0.15) is 0 Å². The van der Waals surface area contributed by atoms with Gasteiger partial charge < -0.3 is 30.3 Å². The summed E-state index contributed by atoms with van der Waals surface area (Å²) in [6.07, 6.45) is -4.76. The van der Waals surface area contributed by atoms with Crippen LogP contribution in [0, 0.1) is 0 Å². The van der Waals surface area contributed by atoms with Crippen molar-refractivity contribution in [2.75, 3.05) is 13.3 Å². The zero-order chi connectivity index (χ0) is 16.8. The number of rotatable bonds is 3. The van der Waals surface area contributed by atoms with Crippen LogP contribution >= 0.6 is 0 Å². The SMILES string of the molecule is [N-]=[N+]=NC1(N)N=C2C(=NCN2[C@@H]2O[C@H](CO)[C@@H](O)[C@H]2O)C(=O)N1. The molecule has 3 aliphatic heterocycles. The monoisotopic (exact) mass is 326 g/mol. The minimum atomic E-state index is -2.03. The van der Waals surface area contributed by atoms with Gasteiger partial charge in [-0.1, -0.05) is 0 Å². The Balaban J connectivity index is 1.93. The first-order valence-electron chi connectivity index (χ1n) is 6.61. The first-order valence-corrected chi connectivity index (χ1v) is 6.61. The van der Waals surface area contributed by atoms with E-state index in [2.05, 4.69) is 25.3 Å². The molecule has 0 aromatic heterocycles. The number of ether oxygens (including phenoxy) is 1. The Labute approximate surface area is 128 Å². The molecule has 1 saturated heterocycles. The number of nitrogens with two attached hydrogens (primary N) is 1. The maximum absolute atomic E-state index is 12.0. The lowest BCUT2D eigenvalue weighted by atomic mass is 10.1. The standard InChI is InChI=1S/C10H14N8O5/c11-10(16-17-12)14-7-4(8(22)15-10)13-2-18(7)9-6(21)5(20)3(1-19)23-9/h3,5-6,9,19-21H,1-2,11H2,(H,15,22)/t3-,5-,6-,9-,10?/m1/s1. The van der Waals surface area contributed by atoms with Crippen molar-refractivity contribution >= 4 is 17.5 Å². The van der Waals surface area contributed by atoms with Crippen molar-refractivity contribution in [3.05, 3.63) is 10.4 Å². The molecule has 13 heteroatoms. The van der Waals surface area contributed by atoms with Crippen LogP contribution in [0.5, 0.6) is 0 Å². The third-order valence-corrected chi connectivity index (χ3v) is 3.68. The molecular weight excluding hydrogens is 312 g/mol. The van der Waals surface area contributed by atoms with E-state index in [1.54, 1.807) is 0 Å². The number of azide groups is 1. The van der Waals surface area contributed by atoms with E-state index in [0.717, 1.165) is 0 Å². The molecular formula is C10H14N8O5. The highest BCUT2D eigenvalue weighted by atomic mass is 16.6. The number of amides is 1. The quantitative estimate of drug-likeness (QED) is 0.201. The van der Waals surface area contributed by atoms with Gasteiger partial charge in [-0.25, -0.2) is 4.99 Å². The Hall–Kier alpha value is -2.28. The molecule has 1 unspecified atom stereocenters. The molecule has 0 aromatic rings. The molecule has 0 aromatic carbocycles. The molecule has 3 rings (SSSR count). The summed E-state index contributed by atoms with van der Waals surface area (Å²) in [4.78, 5) is 23.7. The molecule has 5 atom stereocenters. The van der Waals surface area contributed by atoms with E-state index in [4.69, 9.17) is 21.1 Å². The fraction of sp³-hybridized carbons (Fsp3) is 0.700. The van der Waals surface area contributed by atoms with E-state index in [9.17, 15) is 15.0 Å². The van der Waals surface area contributed by atoms with Crippen LogP contribution in [0.15, 0.2) is 15.1 Å². The van der Waals surface area contributed by atoms with Crippen molar-refractivity contribution in [2.45, 2.75) is 30.5 Å². The van der Waals surface area contributed by atoms with Crippen LogP contribution in [0.25, 0.3) is 10.4 Å². The van der Waals surface area contributed by atoms with Gasteiger partial charge in [0.05, 0.1) is 6.61 Å². The number of carbonyl (C=O) groups is 1. The summed E-state index contributed by atoms with van der Waals surface area (Å²) in [5.74, 6) is -2.75. The Kier molecular flexibility index (Phi) is 3.68. The normalized spacial score (nSPS) is 39.3. The summed E-state index contributed by atoms with van der Waals surface area (Å²) in [7, 11) is 0. The first-order chi connectivity index (χ1) is 10.9. The van der Waals surface area contributed by atoms with Gasteiger partial charge in [0.15, 0.2) is 17.8 Å². The smallest absolute Gasteiger partial charge is 0.276 e. The highest BCUT2D eigenvalue weighted by molar-refractivity contribution is 6.67. The van der Waals surface area contributed by atoms with E-state index < -0.39 is 43.0 Å². The lowest BCUT2D eigenvalue weighted by Gasteiger charge is -2.32. The summed E-state index contributed by atoms with van der Waals surface area (Å²) in [6, 6.07) is 0. The summed E-state index contributed by atoms with van der Waals surface area (Å²) < 4.78 is 5.38. The second-order valence-corrected chi connectivity index (χ2v) is 5.15. The van der Waals surface area contributed by atoms with Gasteiger partial charge in [-0.15, -0.1) is 0 Å². The minimum Gasteiger partial charge on any atom is -0.394 e. The van der Waals surface area contributed by atoms with Gasteiger partial charge in [-0.3, -0.25) is 15.5 Å². The first kappa shape index (κ1) is 15.6. The van der Waals surface area contributed by atoms with E-state index in [1.165, 1.54) is 4.90 Å². The molecule has 6 N–H and O–H groups in total. The van der Waals surface area contributed by atoms with Gasteiger partial charge >= 0.3 is 0 Å². The van der Waals surface area contributed by atoms with Crippen molar-refractivity contribution < 1.29 is 24.9 Å². The van der Waals surface area contributed by atoms with Gasteiger partial charge in [0.1, 0.15) is 25.0 Å². The van der Waals surface area contributed by atoms with Crippen molar-refractivity contribution in [3.8, 4) is 0 Å². The maximum Gasteiger partial charge on any atom is 0.276 e. The molecule has 0 radical (unpaired) electrons. The summed E-state index contributed by atoms with van der Waals surface area (Å²) in [5, 5.41) is 34.4. The number of aliphatic imine (C=N–C) groups is 2. The second-order valence-electron chi connectivity index (χ2n) is 5.15. The molecule has 3 heterocycles. The Bertz CT molecular complexity index is 645. The fourth-order valence-electron chi connectivity index (χ4n) is 2.58. The molecule has 1 amide bonds. The number of aliphatic hydroxyl groups is 3. The Morgan fingerprint density at radius 1 is 1.57 bits per heavy atom. The predicted octanol–water partition coefficient (Wildman–Crippen LogP) is -3.45. The number of nitrogens with zero attached hydrogens (tertiary/aromatic N) is 6. The molecule has 0 spiro atoms. The number of hydrogen-bond donors (Lipinski definition) is 5. The number of amidine groups is 1. The third-order valence-electron chi connectivity index (χ3n) is 3.68. The third kappa shape index (κ3) is 2.41. The highest BCUT2D eigenvalue weighted by Crippen LogP contribution is 2.27. The molecule has 124 valence electrons. The van der Waals surface area contributed by atoms with Crippen molar-refractivity contribution in [3.63, 3.8) is 0 Å². The number of fused-ring (bicyclic) bond motifs is 1. The molecule has 13 nitrogen and oxygen atoms in total. The van der Waals surface area contributed by atoms with Crippen LogP contribution in [0.2, 0.25) is 0 Å². The predicted molar refractivity (Wildman–Crippen MR) is 73.5 cm³/mol. The van der Waals surface area contributed by atoms with Crippen molar-refractivity contribution in [1.82, 2.24) is 10.2 Å². The van der Waals surface area contributed by atoms with Crippen LogP contribution in [0.3, 0.4) is 0 Å². The molecule has 23 heavy (non-hydrogen) atoms. The van der Waals surface area contributed by atoms with E-state index in [0.29, 0.717) is 0 Å². The number of nitrogens with one attached hydrogen (secondary N) is 1. The number of hydrogen-bond acceptors (Lipinski definition) is 10. The molecule has 1 fully saturated rings. The maximum atomic E-state index is 12.0. The topological polar surface area (TPSA) is 202 Å². The molecule has 0 saturated carbocycles. The summed E-state index contributed by atoms with van der Waals surface area (Å²) in [5.41, 5.74) is 14.1. The van der Waals surface area contributed by atoms with Crippen LogP contribution in [-0.4, -0.2) is 81.4 Å². The molecule has 3 aliphatic rings. The number of carbonyl (C=O) groups excluding carboxylic acids is 1. The van der Waals surface area contributed by atoms with Gasteiger partial charge in [0, 0.05) is 4.91 Å². The average molecular weight is 326 g/mol. The van der Waals surface area contributed by atoms with E-state index >= 15 is 0 Å². The lowest BCUT2D eigenvalue weighted by molar-refractivity contribution is -0.116. The second kappa shape index (κ2) is 5.42. The lowest BCUT2D eigenvalue weighted by Crippen LogP contribution is -2.62. The van der Waals surface area contributed by atoms with Gasteiger partial charge in [0.2, 0.25) is 0 Å².